The van der Waals surface area contributed by atoms with Gasteiger partial charge in [0.2, 0.25) is 0 Å². The van der Waals surface area contributed by atoms with Crippen molar-refractivity contribution in [3.8, 4) is 11.5 Å². The molecule has 1 N–H and O–H groups in total. The lowest BCUT2D eigenvalue weighted by Gasteiger charge is -2.25. The van der Waals surface area contributed by atoms with Gasteiger partial charge in [0.05, 0.1) is 25.3 Å². The van der Waals surface area contributed by atoms with Crippen molar-refractivity contribution in [1.82, 2.24) is 9.88 Å². The normalized spacial score (nSPS) is 17.1. The van der Waals surface area contributed by atoms with Gasteiger partial charge in [-0.25, -0.2) is 0 Å². The molecule has 174 valence electrons. The summed E-state index contributed by atoms with van der Waals surface area (Å²) in [5.41, 5.74) is 2.72. The molecule has 1 fully saturated rings. The molecule has 0 aliphatic carbocycles. The SMILES string of the molecule is CCOc1ccc(C(O)=C2C(=O)C(=O)N(Cc3cccnc3)[C@H]2c2ccc(OC)cc2)c(C)c1. The first-order valence-corrected chi connectivity index (χ1v) is 11.0. The maximum Gasteiger partial charge on any atom is 0.295 e. The number of aromatic nitrogens is 1. The number of amides is 1. The quantitative estimate of drug-likeness (QED) is 0.320. The van der Waals surface area contributed by atoms with Crippen LogP contribution in [-0.2, 0) is 16.1 Å². The molecule has 7 nitrogen and oxygen atoms in total. The molecule has 2 aromatic carbocycles. The van der Waals surface area contributed by atoms with E-state index in [1.54, 1.807) is 68.0 Å². The minimum atomic E-state index is -0.767. The lowest BCUT2D eigenvalue weighted by Crippen LogP contribution is -2.29. The van der Waals surface area contributed by atoms with Crippen LogP contribution in [0.5, 0.6) is 11.5 Å². The number of methoxy groups -OCH3 is 1. The second-order valence-corrected chi connectivity index (χ2v) is 7.97. The lowest BCUT2D eigenvalue weighted by atomic mass is 9.93. The molecule has 0 unspecified atom stereocenters. The zero-order chi connectivity index (χ0) is 24.2. The largest absolute Gasteiger partial charge is 0.507 e. The van der Waals surface area contributed by atoms with E-state index in [1.165, 1.54) is 4.90 Å². The molecule has 1 atom stereocenters. The number of pyridine rings is 1. The molecule has 3 aromatic rings. The number of carbonyl (C=O) groups excluding carboxylic acids is 2. The molecular formula is C27H26N2O5. The summed E-state index contributed by atoms with van der Waals surface area (Å²) in [4.78, 5) is 32.0. The zero-order valence-corrected chi connectivity index (χ0v) is 19.3. The fraction of sp³-hybridized carbons (Fsp3) is 0.222. The van der Waals surface area contributed by atoms with Gasteiger partial charge in [0, 0.05) is 24.5 Å². The van der Waals surface area contributed by atoms with Gasteiger partial charge in [-0.3, -0.25) is 14.6 Å². The van der Waals surface area contributed by atoms with E-state index >= 15 is 0 Å². The first-order chi connectivity index (χ1) is 16.4. The van der Waals surface area contributed by atoms with Crippen molar-refractivity contribution >= 4 is 17.4 Å². The van der Waals surface area contributed by atoms with Crippen LogP contribution < -0.4 is 9.47 Å². The molecule has 1 aromatic heterocycles. The molecule has 1 amide bonds. The number of aryl methyl sites for hydroxylation is 1. The minimum Gasteiger partial charge on any atom is -0.507 e. The molecule has 4 rings (SSSR count). The molecule has 0 bridgehead atoms. The Balaban J connectivity index is 1.84. The van der Waals surface area contributed by atoms with E-state index < -0.39 is 17.7 Å². The van der Waals surface area contributed by atoms with Gasteiger partial charge in [-0.15, -0.1) is 0 Å². The van der Waals surface area contributed by atoms with Crippen molar-refractivity contribution in [2.75, 3.05) is 13.7 Å². The Labute approximate surface area is 198 Å². The van der Waals surface area contributed by atoms with Crippen LogP contribution in [0.1, 0.15) is 35.2 Å². The van der Waals surface area contributed by atoms with Crippen LogP contribution >= 0.6 is 0 Å². The number of aliphatic hydroxyl groups is 1. The molecular weight excluding hydrogens is 432 g/mol. The van der Waals surface area contributed by atoms with Crippen LogP contribution in [0.3, 0.4) is 0 Å². The predicted molar refractivity (Wildman–Crippen MR) is 127 cm³/mol. The number of nitrogens with zero attached hydrogens (tertiary/aromatic N) is 2. The first kappa shape index (κ1) is 23.0. The minimum absolute atomic E-state index is 0.0475. The van der Waals surface area contributed by atoms with Crippen LogP contribution in [0.4, 0.5) is 0 Å². The van der Waals surface area contributed by atoms with Gasteiger partial charge in [0.25, 0.3) is 11.7 Å². The van der Waals surface area contributed by atoms with Gasteiger partial charge < -0.3 is 19.5 Å². The highest BCUT2D eigenvalue weighted by molar-refractivity contribution is 6.46. The summed E-state index contributed by atoms with van der Waals surface area (Å²) in [5.74, 6) is -0.297. The third-order valence-electron chi connectivity index (χ3n) is 5.81. The maximum atomic E-state index is 13.2. The maximum absolute atomic E-state index is 13.2. The molecule has 0 saturated carbocycles. The predicted octanol–water partition coefficient (Wildman–Crippen LogP) is 4.42. The van der Waals surface area contributed by atoms with Crippen molar-refractivity contribution in [3.05, 3.63) is 94.8 Å². The first-order valence-electron chi connectivity index (χ1n) is 11.0. The molecule has 1 aliphatic rings. The summed E-state index contributed by atoms with van der Waals surface area (Å²) in [6.45, 7) is 4.41. The third-order valence-corrected chi connectivity index (χ3v) is 5.81. The molecule has 0 radical (unpaired) electrons. The van der Waals surface area contributed by atoms with Gasteiger partial charge in [0.15, 0.2) is 0 Å². The van der Waals surface area contributed by atoms with E-state index in [4.69, 9.17) is 9.47 Å². The Hall–Kier alpha value is -4.13. The number of carbonyl (C=O) groups is 2. The van der Waals surface area contributed by atoms with Crippen molar-refractivity contribution in [3.63, 3.8) is 0 Å². The van der Waals surface area contributed by atoms with E-state index in [0.717, 1.165) is 11.1 Å². The fourth-order valence-corrected chi connectivity index (χ4v) is 4.17. The van der Waals surface area contributed by atoms with Crippen molar-refractivity contribution in [1.29, 1.82) is 0 Å². The van der Waals surface area contributed by atoms with E-state index in [-0.39, 0.29) is 17.9 Å². The number of likely N-dealkylation sites (tertiary alicyclic amines) is 1. The number of rotatable bonds is 7. The average molecular weight is 459 g/mol. The number of Topliss-reactive ketones (excluding diaryl/α,β-unsaturated/α-hetero) is 1. The highest BCUT2D eigenvalue weighted by Gasteiger charge is 2.46. The van der Waals surface area contributed by atoms with E-state index in [0.29, 0.717) is 29.2 Å². The van der Waals surface area contributed by atoms with Gasteiger partial charge in [-0.1, -0.05) is 18.2 Å². The average Bonchev–Trinajstić information content (AvgIpc) is 3.09. The van der Waals surface area contributed by atoms with Gasteiger partial charge in [-0.05, 0) is 66.9 Å². The second-order valence-electron chi connectivity index (χ2n) is 7.97. The summed E-state index contributed by atoms with van der Waals surface area (Å²) in [7, 11) is 1.57. The number of hydrogen-bond donors (Lipinski definition) is 1. The van der Waals surface area contributed by atoms with Crippen LogP contribution in [0, 0.1) is 6.92 Å². The Morgan fingerprint density at radius 1 is 1.09 bits per heavy atom. The monoisotopic (exact) mass is 458 g/mol. The third kappa shape index (κ3) is 4.37. The van der Waals surface area contributed by atoms with Crippen molar-refractivity contribution in [2.24, 2.45) is 0 Å². The molecule has 1 saturated heterocycles. The Morgan fingerprint density at radius 3 is 2.44 bits per heavy atom. The summed E-state index contributed by atoms with van der Waals surface area (Å²) in [5, 5.41) is 11.3. The summed E-state index contributed by atoms with van der Waals surface area (Å²) >= 11 is 0. The number of ether oxygens (including phenoxy) is 2. The lowest BCUT2D eigenvalue weighted by molar-refractivity contribution is -0.140. The van der Waals surface area contributed by atoms with Crippen molar-refractivity contribution < 1.29 is 24.2 Å². The summed E-state index contributed by atoms with van der Waals surface area (Å²) in [6.07, 6.45) is 3.30. The smallest absolute Gasteiger partial charge is 0.295 e. The van der Waals surface area contributed by atoms with Gasteiger partial charge in [0.1, 0.15) is 17.3 Å². The van der Waals surface area contributed by atoms with Crippen molar-refractivity contribution in [2.45, 2.75) is 26.4 Å². The number of hydrogen-bond acceptors (Lipinski definition) is 6. The number of benzene rings is 2. The Kier molecular flexibility index (Phi) is 6.63. The Bertz CT molecular complexity index is 1240. The molecule has 1 aliphatic heterocycles. The second kappa shape index (κ2) is 9.79. The van der Waals surface area contributed by atoms with E-state index in [9.17, 15) is 14.7 Å². The standard InChI is InChI=1S/C27H26N2O5/c1-4-34-21-11-12-22(17(2)14-21)25(30)23-24(19-7-9-20(33-3)10-8-19)29(27(32)26(23)31)16-18-6-5-13-28-15-18/h5-15,24,30H,4,16H2,1-3H3/t24-/m0/s1. The summed E-state index contributed by atoms with van der Waals surface area (Å²) < 4.78 is 10.8. The molecule has 34 heavy (non-hydrogen) atoms. The highest BCUT2D eigenvalue weighted by atomic mass is 16.5. The summed E-state index contributed by atoms with van der Waals surface area (Å²) in [6, 6.07) is 15.2. The van der Waals surface area contributed by atoms with Gasteiger partial charge in [-0.2, -0.15) is 0 Å². The van der Waals surface area contributed by atoms with Crippen LogP contribution in [-0.4, -0.2) is 40.4 Å². The molecule has 2 heterocycles. The Morgan fingerprint density at radius 2 is 1.82 bits per heavy atom. The fourth-order valence-electron chi connectivity index (χ4n) is 4.17. The van der Waals surface area contributed by atoms with E-state index in [1.807, 2.05) is 19.9 Å². The van der Waals surface area contributed by atoms with Crippen LogP contribution in [0.2, 0.25) is 0 Å². The zero-order valence-electron chi connectivity index (χ0n) is 19.3. The topological polar surface area (TPSA) is 89.0 Å². The van der Waals surface area contributed by atoms with Crippen LogP contribution in [0.25, 0.3) is 5.76 Å². The highest BCUT2D eigenvalue weighted by Crippen LogP contribution is 2.41. The number of aliphatic hydroxyl groups excluding tert-OH is 1. The molecule has 7 heteroatoms. The van der Waals surface area contributed by atoms with Crippen LogP contribution in [0.15, 0.2) is 72.6 Å². The van der Waals surface area contributed by atoms with Gasteiger partial charge >= 0.3 is 0 Å². The molecule has 0 spiro atoms. The number of ketones is 1. The van der Waals surface area contributed by atoms with E-state index in [2.05, 4.69) is 4.98 Å².